The SMILES string of the molecule is C=CCCCCCCCCC1(O)CC2CCC(C1)S2. The number of aliphatic hydroxyl groups is 1. The summed E-state index contributed by atoms with van der Waals surface area (Å²) in [5.74, 6) is 0. The van der Waals surface area contributed by atoms with E-state index in [4.69, 9.17) is 0 Å². The third-order valence-corrected chi connectivity index (χ3v) is 6.29. The van der Waals surface area contributed by atoms with Gasteiger partial charge in [0, 0.05) is 10.5 Å². The van der Waals surface area contributed by atoms with Crippen LogP contribution in [-0.4, -0.2) is 21.2 Å². The van der Waals surface area contributed by atoms with Crippen LogP contribution in [0.1, 0.15) is 77.0 Å². The summed E-state index contributed by atoms with van der Waals surface area (Å²) >= 11 is 2.14. The summed E-state index contributed by atoms with van der Waals surface area (Å²) in [5, 5.41) is 12.2. The third-order valence-electron chi connectivity index (χ3n) is 4.71. The van der Waals surface area contributed by atoms with Crippen molar-refractivity contribution in [3.8, 4) is 0 Å². The molecular weight excluding hydrogens is 252 g/mol. The first kappa shape index (κ1) is 15.4. The smallest absolute Gasteiger partial charge is 0.0668 e. The molecule has 0 aromatic carbocycles. The van der Waals surface area contributed by atoms with Gasteiger partial charge in [0.05, 0.1) is 5.60 Å². The highest BCUT2D eigenvalue weighted by Gasteiger charge is 2.42. The zero-order valence-corrected chi connectivity index (χ0v) is 13.1. The van der Waals surface area contributed by atoms with Gasteiger partial charge in [-0.15, -0.1) is 6.58 Å². The summed E-state index contributed by atoms with van der Waals surface area (Å²) in [4.78, 5) is 0. The lowest BCUT2D eigenvalue weighted by atomic mass is 9.87. The molecule has 2 unspecified atom stereocenters. The van der Waals surface area contributed by atoms with Crippen molar-refractivity contribution in [3.63, 3.8) is 0 Å². The molecule has 0 amide bonds. The maximum atomic E-state index is 10.7. The topological polar surface area (TPSA) is 20.2 Å². The van der Waals surface area contributed by atoms with E-state index in [1.165, 1.54) is 57.8 Å². The monoisotopic (exact) mass is 282 g/mol. The van der Waals surface area contributed by atoms with Crippen LogP contribution in [-0.2, 0) is 0 Å². The van der Waals surface area contributed by atoms with E-state index in [-0.39, 0.29) is 5.60 Å². The predicted octanol–water partition coefficient (Wildman–Crippen LogP) is 5.08. The molecule has 0 spiro atoms. The fourth-order valence-electron chi connectivity index (χ4n) is 3.67. The molecule has 1 nitrogen and oxygen atoms in total. The van der Waals surface area contributed by atoms with Crippen LogP contribution in [0, 0.1) is 0 Å². The summed E-state index contributed by atoms with van der Waals surface area (Å²) in [7, 11) is 0. The van der Waals surface area contributed by atoms with Gasteiger partial charge in [0.15, 0.2) is 0 Å². The van der Waals surface area contributed by atoms with Crippen LogP contribution in [0.2, 0.25) is 0 Å². The van der Waals surface area contributed by atoms with E-state index in [2.05, 4.69) is 18.3 Å². The molecule has 2 aliphatic heterocycles. The molecule has 19 heavy (non-hydrogen) atoms. The van der Waals surface area contributed by atoms with Gasteiger partial charge in [0.25, 0.3) is 0 Å². The lowest BCUT2D eigenvalue weighted by Gasteiger charge is -2.36. The normalized spacial score (nSPS) is 33.5. The number of rotatable bonds is 9. The van der Waals surface area contributed by atoms with Gasteiger partial charge >= 0.3 is 0 Å². The Bertz CT molecular complexity index is 264. The zero-order chi connectivity index (χ0) is 13.6. The summed E-state index contributed by atoms with van der Waals surface area (Å²) in [6, 6.07) is 0. The largest absolute Gasteiger partial charge is 0.390 e. The second kappa shape index (κ2) is 7.73. The number of hydrogen-bond acceptors (Lipinski definition) is 2. The van der Waals surface area contributed by atoms with Gasteiger partial charge in [0.2, 0.25) is 0 Å². The summed E-state index contributed by atoms with van der Waals surface area (Å²) < 4.78 is 0. The van der Waals surface area contributed by atoms with Crippen molar-refractivity contribution in [1.29, 1.82) is 0 Å². The molecule has 2 aliphatic rings. The van der Waals surface area contributed by atoms with Crippen LogP contribution in [0.15, 0.2) is 12.7 Å². The number of allylic oxidation sites excluding steroid dienone is 1. The molecule has 2 saturated heterocycles. The van der Waals surface area contributed by atoms with E-state index in [1.807, 2.05) is 6.08 Å². The Hall–Kier alpha value is 0.0500. The van der Waals surface area contributed by atoms with Crippen molar-refractivity contribution in [2.75, 3.05) is 0 Å². The Kier molecular flexibility index (Phi) is 6.28. The Labute approximate surface area is 123 Å². The predicted molar refractivity (Wildman–Crippen MR) is 85.7 cm³/mol. The van der Waals surface area contributed by atoms with Crippen LogP contribution in [0.4, 0.5) is 0 Å². The Morgan fingerprint density at radius 3 is 2.21 bits per heavy atom. The van der Waals surface area contributed by atoms with Gasteiger partial charge in [-0.25, -0.2) is 0 Å². The minimum Gasteiger partial charge on any atom is -0.390 e. The van der Waals surface area contributed by atoms with E-state index >= 15 is 0 Å². The first-order chi connectivity index (χ1) is 9.22. The number of thioether (sulfide) groups is 1. The molecule has 2 atom stereocenters. The summed E-state index contributed by atoms with van der Waals surface area (Å²) in [6.07, 6.45) is 16.9. The zero-order valence-electron chi connectivity index (χ0n) is 12.3. The average Bonchev–Trinajstić information content (AvgIpc) is 2.73. The highest BCUT2D eigenvalue weighted by Crippen LogP contribution is 2.48. The molecule has 2 heterocycles. The van der Waals surface area contributed by atoms with E-state index in [9.17, 15) is 5.11 Å². The van der Waals surface area contributed by atoms with Gasteiger partial charge < -0.3 is 5.11 Å². The van der Waals surface area contributed by atoms with E-state index in [1.54, 1.807) is 0 Å². The molecule has 0 saturated carbocycles. The second-order valence-electron chi connectivity index (χ2n) is 6.54. The second-order valence-corrected chi connectivity index (χ2v) is 8.14. The van der Waals surface area contributed by atoms with Crippen molar-refractivity contribution in [3.05, 3.63) is 12.7 Å². The van der Waals surface area contributed by atoms with E-state index in [0.717, 1.165) is 29.8 Å². The molecule has 0 radical (unpaired) electrons. The van der Waals surface area contributed by atoms with Gasteiger partial charge in [-0.05, 0) is 44.9 Å². The van der Waals surface area contributed by atoms with Crippen LogP contribution < -0.4 is 0 Å². The molecule has 0 aromatic heterocycles. The van der Waals surface area contributed by atoms with E-state index in [0.29, 0.717) is 0 Å². The third kappa shape index (κ3) is 5.15. The van der Waals surface area contributed by atoms with E-state index < -0.39 is 0 Å². The van der Waals surface area contributed by atoms with Crippen LogP contribution in [0.5, 0.6) is 0 Å². The summed E-state index contributed by atoms with van der Waals surface area (Å²) in [5.41, 5.74) is -0.306. The molecule has 0 aromatic rings. The Morgan fingerprint density at radius 1 is 1.00 bits per heavy atom. The van der Waals surface area contributed by atoms with Crippen molar-refractivity contribution >= 4 is 11.8 Å². The fraction of sp³-hybridized carbons (Fsp3) is 0.882. The van der Waals surface area contributed by atoms with Crippen LogP contribution >= 0.6 is 11.8 Å². The number of unbranched alkanes of at least 4 members (excludes halogenated alkanes) is 6. The maximum Gasteiger partial charge on any atom is 0.0668 e. The van der Waals surface area contributed by atoms with Crippen molar-refractivity contribution < 1.29 is 5.11 Å². The highest BCUT2D eigenvalue weighted by molar-refractivity contribution is 8.00. The first-order valence-corrected chi connectivity index (χ1v) is 9.15. The molecule has 2 bridgehead atoms. The number of fused-ring (bicyclic) bond motifs is 2. The quantitative estimate of drug-likeness (QED) is 0.470. The standard InChI is InChI=1S/C17H30OS/c1-2-3-4-5-6-7-8-9-12-17(18)13-15-10-11-16(14-17)19-15/h2,15-16,18H,1,3-14H2. The molecule has 0 aliphatic carbocycles. The summed E-state index contributed by atoms with van der Waals surface area (Å²) in [6.45, 7) is 3.76. The molecule has 110 valence electrons. The minimum absolute atomic E-state index is 0.306. The van der Waals surface area contributed by atoms with Crippen molar-refractivity contribution in [2.24, 2.45) is 0 Å². The maximum absolute atomic E-state index is 10.7. The molecular formula is C17H30OS. The lowest BCUT2D eigenvalue weighted by Crippen LogP contribution is -2.37. The Morgan fingerprint density at radius 2 is 1.58 bits per heavy atom. The minimum atomic E-state index is -0.306. The Balaban J connectivity index is 1.52. The van der Waals surface area contributed by atoms with Gasteiger partial charge in [-0.2, -0.15) is 11.8 Å². The van der Waals surface area contributed by atoms with Crippen molar-refractivity contribution in [1.82, 2.24) is 0 Å². The van der Waals surface area contributed by atoms with Gasteiger partial charge in [0.1, 0.15) is 0 Å². The van der Waals surface area contributed by atoms with Crippen LogP contribution in [0.3, 0.4) is 0 Å². The first-order valence-electron chi connectivity index (χ1n) is 8.21. The van der Waals surface area contributed by atoms with Crippen molar-refractivity contribution in [2.45, 2.75) is 93.2 Å². The van der Waals surface area contributed by atoms with Gasteiger partial charge in [-0.3, -0.25) is 0 Å². The highest BCUT2D eigenvalue weighted by atomic mass is 32.2. The molecule has 2 heteroatoms. The lowest BCUT2D eigenvalue weighted by molar-refractivity contribution is 0.0130. The molecule has 2 fully saturated rings. The van der Waals surface area contributed by atoms with Gasteiger partial charge in [-0.1, -0.05) is 38.2 Å². The molecule has 1 N–H and O–H groups in total. The van der Waals surface area contributed by atoms with Crippen LogP contribution in [0.25, 0.3) is 0 Å². The fourth-order valence-corrected chi connectivity index (χ4v) is 5.57. The average molecular weight is 282 g/mol. The number of hydrogen-bond donors (Lipinski definition) is 1. The molecule has 2 rings (SSSR count).